The van der Waals surface area contributed by atoms with Crippen molar-refractivity contribution in [1.82, 2.24) is 9.55 Å². The standard InChI is InChI=1S/C7H11BrN2/c1-6(8)5-7-9-3-4-10(7)2/h3-4,6H,5H2,1-2H3. The van der Waals surface area contributed by atoms with E-state index in [4.69, 9.17) is 0 Å². The zero-order valence-electron chi connectivity index (χ0n) is 6.21. The topological polar surface area (TPSA) is 17.8 Å². The largest absolute Gasteiger partial charge is 0.338 e. The fourth-order valence-electron chi connectivity index (χ4n) is 0.845. The molecule has 0 bridgehead atoms. The number of hydrogen-bond donors (Lipinski definition) is 0. The number of hydrogen-bond acceptors (Lipinski definition) is 1. The van der Waals surface area contributed by atoms with Gasteiger partial charge in [0.05, 0.1) is 0 Å². The summed E-state index contributed by atoms with van der Waals surface area (Å²) in [5.41, 5.74) is 0. The Balaban J connectivity index is 2.65. The molecular formula is C7H11BrN2. The second-order valence-corrected chi connectivity index (χ2v) is 4.00. The molecule has 0 aliphatic heterocycles. The molecular weight excluding hydrogens is 192 g/mol. The Hall–Kier alpha value is -0.310. The van der Waals surface area contributed by atoms with Crippen LogP contribution in [0.4, 0.5) is 0 Å². The maximum absolute atomic E-state index is 4.19. The third-order valence-corrected chi connectivity index (χ3v) is 1.71. The van der Waals surface area contributed by atoms with Crippen molar-refractivity contribution in [3.63, 3.8) is 0 Å². The second kappa shape index (κ2) is 3.19. The number of rotatable bonds is 2. The number of aryl methyl sites for hydroxylation is 1. The predicted octanol–water partition coefficient (Wildman–Crippen LogP) is 1.75. The summed E-state index contributed by atoms with van der Waals surface area (Å²) in [6.07, 6.45) is 4.78. The van der Waals surface area contributed by atoms with Crippen LogP contribution in [0.5, 0.6) is 0 Å². The van der Waals surface area contributed by atoms with Gasteiger partial charge in [-0.25, -0.2) is 4.98 Å². The van der Waals surface area contributed by atoms with E-state index in [2.05, 4.69) is 27.8 Å². The van der Waals surface area contributed by atoms with E-state index < -0.39 is 0 Å². The quantitative estimate of drug-likeness (QED) is 0.669. The molecule has 0 fully saturated rings. The molecule has 0 radical (unpaired) electrons. The average molecular weight is 203 g/mol. The van der Waals surface area contributed by atoms with Crippen molar-refractivity contribution in [3.8, 4) is 0 Å². The van der Waals surface area contributed by atoms with Crippen molar-refractivity contribution in [1.29, 1.82) is 0 Å². The maximum Gasteiger partial charge on any atom is 0.109 e. The van der Waals surface area contributed by atoms with Gasteiger partial charge in [-0.15, -0.1) is 0 Å². The summed E-state index contributed by atoms with van der Waals surface area (Å²) in [6, 6.07) is 0. The van der Waals surface area contributed by atoms with Crippen LogP contribution in [-0.2, 0) is 13.5 Å². The molecule has 1 heterocycles. The van der Waals surface area contributed by atoms with Crippen LogP contribution in [0.2, 0.25) is 0 Å². The summed E-state index contributed by atoms with van der Waals surface area (Å²) in [4.78, 5) is 4.70. The Kier molecular flexibility index (Phi) is 2.49. The van der Waals surface area contributed by atoms with Gasteiger partial charge in [0.25, 0.3) is 0 Å². The molecule has 0 saturated heterocycles. The molecule has 1 unspecified atom stereocenters. The summed E-state index contributed by atoms with van der Waals surface area (Å²) in [5, 5.41) is 0. The lowest BCUT2D eigenvalue weighted by molar-refractivity contribution is 0.772. The molecule has 0 N–H and O–H groups in total. The minimum Gasteiger partial charge on any atom is -0.338 e. The van der Waals surface area contributed by atoms with Crippen LogP contribution in [-0.4, -0.2) is 14.4 Å². The van der Waals surface area contributed by atoms with Gasteiger partial charge < -0.3 is 4.57 Å². The predicted molar refractivity (Wildman–Crippen MR) is 45.3 cm³/mol. The highest BCUT2D eigenvalue weighted by Gasteiger charge is 2.01. The Morgan fingerprint density at radius 3 is 2.90 bits per heavy atom. The molecule has 0 spiro atoms. The lowest BCUT2D eigenvalue weighted by atomic mass is 10.3. The molecule has 2 nitrogen and oxygen atoms in total. The minimum atomic E-state index is 0.508. The lowest BCUT2D eigenvalue weighted by Gasteiger charge is -2.01. The van der Waals surface area contributed by atoms with Gasteiger partial charge in [0, 0.05) is 30.7 Å². The first-order chi connectivity index (χ1) is 4.70. The third kappa shape index (κ3) is 1.84. The lowest BCUT2D eigenvalue weighted by Crippen LogP contribution is -2.03. The molecule has 0 amide bonds. The van der Waals surface area contributed by atoms with Crippen molar-refractivity contribution in [2.24, 2.45) is 7.05 Å². The Bertz CT molecular complexity index is 205. The van der Waals surface area contributed by atoms with Crippen molar-refractivity contribution < 1.29 is 0 Å². The molecule has 56 valence electrons. The fraction of sp³-hybridized carbons (Fsp3) is 0.571. The SMILES string of the molecule is CC(Br)Cc1nccn1C. The summed E-state index contributed by atoms with van der Waals surface area (Å²) < 4.78 is 2.04. The first kappa shape index (κ1) is 7.79. The molecule has 3 heteroatoms. The van der Waals surface area contributed by atoms with Crippen LogP contribution in [0.25, 0.3) is 0 Å². The summed E-state index contributed by atoms with van der Waals surface area (Å²) >= 11 is 3.48. The normalized spacial score (nSPS) is 13.5. The molecule has 1 aromatic heterocycles. The van der Waals surface area contributed by atoms with Crippen LogP contribution in [0.3, 0.4) is 0 Å². The number of alkyl halides is 1. The zero-order valence-corrected chi connectivity index (χ0v) is 7.80. The number of imidazole rings is 1. The van der Waals surface area contributed by atoms with Crippen LogP contribution in [0.15, 0.2) is 12.4 Å². The fourth-order valence-corrected chi connectivity index (χ4v) is 1.13. The van der Waals surface area contributed by atoms with Gasteiger partial charge in [0.15, 0.2) is 0 Å². The molecule has 0 saturated carbocycles. The van der Waals surface area contributed by atoms with Gasteiger partial charge >= 0.3 is 0 Å². The van der Waals surface area contributed by atoms with E-state index in [1.165, 1.54) is 0 Å². The van der Waals surface area contributed by atoms with Gasteiger partial charge in [-0.05, 0) is 0 Å². The van der Waals surface area contributed by atoms with Crippen molar-refractivity contribution >= 4 is 15.9 Å². The van der Waals surface area contributed by atoms with Crippen molar-refractivity contribution in [2.75, 3.05) is 0 Å². The molecule has 0 aromatic carbocycles. The Labute approximate surface area is 69.4 Å². The molecule has 1 atom stereocenters. The number of aromatic nitrogens is 2. The van der Waals surface area contributed by atoms with E-state index in [-0.39, 0.29) is 0 Å². The van der Waals surface area contributed by atoms with Gasteiger partial charge in [-0.2, -0.15) is 0 Å². The second-order valence-electron chi connectivity index (χ2n) is 2.44. The smallest absolute Gasteiger partial charge is 0.109 e. The summed E-state index contributed by atoms with van der Waals surface area (Å²) in [5.74, 6) is 1.13. The van der Waals surface area contributed by atoms with E-state index >= 15 is 0 Å². The monoisotopic (exact) mass is 202 g/mol. The number of nitrogens with zero attached hydrogens (tertiary/aromatic N) is 2. The van der Waals surface area contributed by atoms with Gasteiger partial charge in [0.1, 0.15) is 5.82 Å². The maximum atomic E-state index is 4.19. The minimum absolute atomic E-state index is 0.508. The summed E-state index contributed by atoms with van der Waals surface area (Å²) in [6.45, 7) is 2.12. The van der Waals surface area contributed by atoms with Crippen LogP contribution in [0, 0.1) is 0 Å². The Morgan fingerprint density at radius 2 is 2.50 bits per heavy atom. The number of halogens is 1. The van der Waals surface area contributed by atoms with E-state index in [1.807, 2.05) is 24.0 Å². The molecule has 1 rings (SSSR count). The van der Waals surface area contributed by atoms with Crippen LogP contribution in [0.1, 0.15) is 12.7 Å². The third-order valence-electron chi connectivity index (χ3n) is 1.38. The zero-order chi connectivity index (χ0) is 7.56. The first-order valence-electron chi connectivity index (χ1n) is 3.30. The van der Waals surface area contributed by atoms with Crippen molar-refractivity contribution in [2.45, 2.75) is 18.2 Å². The Morgan fingerprint density at radius 1 is 1.80 bits per heavy atom. The van der Waals surface area contributed by atoms with Crippen molar-refractivity contribution in [3.05, 3.63) is 18.2 Å². The van der Waals surface area contributed by atoms with E-state index in [9.17, 15) is 0 Å². The highest BCUT2D eigenvalue weighted by atomic mass is 79.9. The highest BCUT2D eigenvalue weighted by Crippen LogP contribution is 2.05. The first-order valence-corrected chi connectivity index (χ1v) is 4.22. The van der Waals surface area contributed by atoms with Gasteiger partial charge in [-0.1, -0.05) is 22.9 Å². The van der Waals surface area contributed by atoms with Gasteiger partial charge in [0.2, 0.25) is 0 Å². The van der Waals surface area contributed by atoms with E-state index in [0.29, 0.717) is 4.83 Å². The summed E-state index contributed by atoms with van der Waals surface area (Å²) in [7, 11) is 2.01. The average Bonchev–Trinajstić information content (AvgIpc) is 2.15. The van der Waals surface area contributed by atoms with Gasteiger partial charge in [-0.3, -0.25) is 0 Å². The highest BCUT2D eigenvalue weighted by molar-refractivity contribution is 9.09. The van der Waals surface area contributed by atoms with Crippen LogP contribution >= 0.6 is 15.9 Å². The van der Waals surface area contributed by atoms with E-state index in [0.717, 1.165) is 12.2 Å². The molecule has 0 aliphatic carbocycles. The molecule has 10 heavy (non-hydrogen) atoms. The molecule has 1 aromatic rings. The molecule has 0 aliphatic rings. The van der Waals surface area contributed by atoms with Crippen LogP contribution < -0.4 is 0 Å². The van der Waals surface area contributed by atoms with E-state index in [1.54, 1.807) is 0 Å².